The van der Waals surface area contributed by atoms with Gasteiger partial charge in [-0.2, -0.15) is 0 Å². The van der Waals surface area contributed by atoms with E-state index in [-0.39, 0.29) is 0 Å². The van der Waals surface area contributed by atoms with Crippen molar-refractivity contribution >= 4 is 28.2 Å². The predicted molar refractivity (Wildman–Crippen MR) is 85.7 cm³/mol. The smallest absolute Gasteiger partial charge is 0.325 e. The summed E-state index contributed by atoms with van der Waals surface area (Å²) in [6.07, 6.45) is 0.682. The van der Waals surface area contributed by atoms with E-state index in [4.69, 9.17) is 9.47 Å². The molecule has 1 heterocycles. The first-order valence-electron chi connectivity index (χ1n) is 6.84. The molecular formula is C14H18N4O3S. The summed E-state index contributed by atoms with van der Waals surface area (Å²) in [6.45, 7) is 3.21. The van der Waals surface area contributed by atoms with Crippen LogP contribution in [-0.2, 0) is 11.2 Å². The number of aromatic nitrogens is 2. The maximum Gasteiger partial charge on any atom is 0.325 e. The van der Waals surface area contributed by atoms with Crippen molar-refractivity contribution in [2.75, 3.05) is 31.0 Å². The molecule has 1 aromatic heterocycles. The molecule has 2 aromatic rings. The summed E-state index contributed by atoms with van der Waals surface area (Å²) in [7, 11) is 1.55. The molecule has 0 saturated heterocycles. The van der Waals surface area contributed by atoms with Gasteiger partial charge in [-0.1, -0.05) is 23.5 Å². The van der Waals surface area contributed by atoms with E-state index in [0.717, 1.165) is 5.01 Å². The number of ether oxygens (including phenoxy) is 2. The summed E-state index contributed by atoms with van der Waals surface area (Å²) in [4.78, 5) is 12.0. The molecule has 0 atom stereocenters. The van der Waals surface area contributed by atoms with Gasteiger partial charge < -0.3 is 14.8 Å². The summed E-state index contributed by atoms with van der Waals surface area (Å²) in [5.41, 5.74) is 0.587. The van der Waals surface area contributed by atoms with Crippen LogP contribution < -0.4 is 15.4 Å². The third-order valence-electron chi connectivity index (χ3n) is 2.71. The normalized spacial score (nSPS) is 10.3. The Labute approximate surface area is 132 Å². The van der Waals surface area contributed by atoms with Crippen LogP contribution in [0.5, 0.6) is 5.75 Å². The zero-order chi connectivity index (χ0) is 15.8. The number of carbonyl (C=O) groups excluding carboxylic acids is 1. The fourth-order valence-electron chi connectivity index (χ4n) is 1.71. The molecular weight excluding hydrogens is 304 g/mol. The largest absolute Gasteiger partial charge is 0.495 e. The van der Waals surface area contributed by atoms with Crippen LogP contribution in [0.15, 0.2) is 24.3 Å². The molecule has 0 saturated carbocycles. The Hall–Kier alpha value is -2.19. The molecule has 0 spiro atoms. The van der Waals surface area contributed by atoms with Crippen molar-refractivity contribution in [3.8, 4) is 5.75 Å². The third-order valence-corrected chi connectivity index (χ3v) is 3.61. The van der Waals surface area contributed by atoms with Crippen LogP contribution in [0.1, 0.15) is 11.9 Å². The summed E-state index contributed by atoms with van der Waals surface area (Å²) in [5.74, 6) is 0.590. The number of methoxy groups -OCH3 is 1. The lowest BCUT2D eigenvalue weighted by Crippen LogP contribution is -2.19. The molecule has 0 aliphatic rings. The highest BCUT2D eigenvalue weighted by Crippen LogP contribution is 2.23. The minimum atomic E-state index is -0.392. The fourth-order valence-corrected chi connectivity index (χ4v) is 2.42. The van der Waals surface area contributed by atoms with E-state index in [2.05, 4.69) is 20.8 Å². The van der Waals surface area contributed by atoms with Crippen molar-refractivity contribution < 1.29 is 14.3 Å². The molecule has 2 rings (SSSR count). The molecule has 8 heteroatoms. The molecule has 22 heavy (non-hydrogen) atoms. The number of hydrogen-bond donors (Lipinski definition) is 2. The summed E-state index contributed by atoms with van der Waals surface area (Å²) in [6, 6.07) is 6.78. The first-order chi connectivity index (χ1) is 10.7. The molecule has 2 N–H and O–H groups in total. The maximum atomic E-state index is 12.0. The van der Waals surface area contributed by atoms with E-state index in [0.29, 0.717) is 36.2 Å². The Balaban J connectivity index is 1.89. The Kier molecular flexibility index (Phi) is 6.11. The van der Waals surface area contributed by atoms with Gasteiger partial charge in [-0.3, -0.25) is 5.32 Å². The lowest BCUT2D eigenvalue weighted by atomic mass is 10.3. The van der Waals surface area contributed by atoms with E-state index in [9.17, 15) is 4.79 Å². The molecule has 0 bridgehead atoms. The fraction of sp³-hybridized carbons (Fsp3) is 0.357. The van der Waals surface area contributed by atoms with Crippen LogP contribution in [0.3, 0.4) is 0 Å². The van der Waals surface area contributed by atoms with Gasteiger partial charge in [0.05, 0.1) is 19.4 Å². The number of amides is 2. The van der Waals surface area contributed by atoms with Gasteiger partial charge in [-0.25, -0.2) is 4.79 Å². The second-order valence-electron chi connectivity index (χ2n) is 4.23. The number of nitrogens with one attached hydrogen (secondary N) is 2. The second kappa shape index (κ2) is 8.30. The van der Waals surface area contributed by atoms with Crippen molar-refractivity contribution in [1.29, 1.82) is 0 Å². The van der Waals surface area contributed by atoms with Crippen LogP contribution in [0.4, 0.5) is 15.6 Å². The van der Waals surface area contributed by atoms with Crippen LogP contribution in [0.2, 0.25) is 0 Å². The number of urea groups is 1. The van der Waals surface area contributed by atoms with Crippen molar-refractivity contribution in [1.82, 2.24) is 10.2 Å². The Morgan fingerprint density at radius 3 is 2.86 bits per heavy atom. The van der Waals surface area contributed by atoms with Gasteiger partial charge in [0.25, 0.3) is 0 Å². The Bertz CT molecular complexity index is 618. The molecule has 0 fully saturated rings. The van der Waals surface area contributed by atoms with E-state index >= 15 is 0 Å². The monoisotopic (exact) mass is 322 g/mol. The summed E-state index contributed by atoms with van der Waals surface area (Å²) >= 11 is 1.33. The van der Waals surface area contributed by atoms with Crippen LogP contribution in [0, 0.1) is 0 Å². The van der Waals surface area contributed by atoms with Crippen LogP contribution in [0.25, 0.3) is 0 Å². The number of anilines is 2. The zero-order valence-electron chi connectivity index (χ0n) is 12.5. The number of rotatable bonds is 7. The second-order valence-corrected chi connectivity index (χ2v) is 5.29. The topological polar surface area (TPSA) is 85.4 Å². The number of benzene rings is 1. The average molecular weight is 322 g/mol. The van der Waals surface area contributed by atoms with Gasteiger partial charge in [0.15, 0.2) is 0 Å². The molecule has 2 amide bonds. The minimum Gasteiger partial charge on any atom is -0.495 e. The Morgan fingerprint density at radius 1 is 1.27 bits per heavy atom. The van der Waals surface area contributed by atoms with Gasteiger partial charge in [-0.15, -0.1) is 10.2 Å². The number of para-hydroxylation sites is 2. The summed E-state index contributed by atoms with van der Waals surface area (Å²) < 4.78 is 10.4. The number of nitrogens with zero attached hydrogens (tertiary/aromatic N) is 2. The standard InChI is InChI=1S/C14H18N4O3S/c1-3-21-9-8-12-17-18-14(22-12)16-13(19)15-10-6-4-5-7-11(10)20-2/h4-7H,3,8-9H2,1-2H3,(H2,15,16,18,19). The number of hydrogen-bond acceptors (Lipinski definition) is 6. The van der Waals surface area contributed by atoms with Crippen molar-refractivity contribution in [2.45, 2.75) is 13.3 Å². The zero-order valence-corrected chi connectivity index (χ0v) is 13.3. The predicted octanol–water partition coefficient (Wildman–Crippen LogP) is 2.77. The Morgan fingerprint density at radius 2 is 2.09 bits per heavy atom. The maximum absolute atomic E-state index is 12.0. The third kappa shape index (κ3) is 4.68. The van der Waals surface area contributed by atoms with E-state index in [1.165, 1.54) is 11.3 Å². The molecule has 0 unspecified atom stereocenters. The van der Waals surface area contributed by atoms with Gasteiger partial charge in [0.2, 0.25) is 5.13 Å². The lowest BCUT2D eigenvalue weighted by molar-refractivity contribution is 0.150. The van der Waals surface area contributed by atoms with Gasteiger partial charge in [0.1, 0.15) is 10.8 Å². The lowest BCUT2D eigenvalue weighted by Gasteiger charge is -2.09. The van der Waals surface area contributed by atoms with E-state index in [1.807, 2.05) is 19.1 Å². The van der Waals surface area contributed by atoms with E-state index in [1.54, 1.807) is 19.2 Å². The highest BCUT2D eigenvalue weighted by molar-refractivity contribution is 7.15. The molecule has 7 nitrogen and oxygen atoms in total. The first kappa shape index (κ1) is 16.2. The van der Waals surface area contributed by atoms with Crippen molar-refractivity contribution in [2.24, 2.45) is 0 Å². The highest BCUT2D eigenvalue weighted by Gasteiger charge is 2.10. The minimum absolute atomic E-state index is 0.392. The first-order valence-corrected chi connectivity index (χ1v) is 7.65. The van der Waals surface area contributed by atoms with Crippen LogP contribution in [-0.4, -0.2) is 36.6 Å². The van der Waals surface area contributed by atoms with Gasteiger partial charge >= 0.3 is 6.03 Å². The SMILES string of the molecule is CCOCCc1nnc(NC(=O)Nc2ccccc2OC)s1. The average Bonchev–Trinajstić information content (AvgIpc) is 2.95. The van der Waals surface area contributed by atoms with Gasteiger partial charge in [-0.05, 0) is 19.1 Å². The summed E-state index contributed by atoms with van der Waals surface area (Å²) in [5, 5.41) is 14.6. The quantitative estimate of drug-likeness (QED) is 0.766. The number of carbonyl (C=O) groups is 1. The molecule has 0 radical (unpaired) electrons. The molecule has 0 aliphatic carbocycles. The van der Waals surface area contributed by atoms with Crippen molar-refractivity contribution in [3.63, 3.8) is 0 Å². The highest BCUT2D eigenvalue weighted by atomic mass is 32.1. The van der Waals surface area contributed by atoms with Crippen LogP contribution >= 0.6 is 11.3 Å². The molecule has 0 aliphatic heterocycles. The molecule has 1 aromatic carbocycles. The van der Waals surface area contributed by atoms with Gasteiger partial charge in [0, 0.05) is 13.0 Å². The van der Waals surface area contributed by atoms with E-state index < -0.39 is 6.03 Å². The molecule has 118 valence electrons. The van der Waals surface area contributed by atoms with Crippen molar-refractivity contribution in [3.05, 3.63) is 29.3 Å².